The topological polar surface area (TPSA) is 104 Å². The van der Waals surface area contributed by atoms with E-state index in [1.165, 1.54) is 24.4 Å². The van der Waals surface area contributed by atoms with Crippen molar-refractivity contribution in [3.05, 3.63) is 59.1 Å². The molecule has 2 amide bonds. The summed E-state index contributed by atoms with van der Waals surface area (Å²) in [6, 6.07) is 11.8. The molecule has 2 aromatic carbocycles. The molecule has 0 aliphatic carbocycles. The van der Waals surface area contributed by atoms with Crippen LogP contribution in [0.3, 0.4) is 0 Å². The van der Waals surface area contributed by atoms with Crippen LogP contribution < -0.4 is 20.8 Å². The van der Waals surface area contributed by atoms with Gasteiger partial charge < -0.3 is 10.1 Å². The lowest BCUT2D eigenvalue weighted by atomic mass is 10.2. The number of ether oxygens (including phenoxy) is 1. The Morgan fingerprint density at radius 2 is 2.00 bits per heavy atom. The molecule has 0 bridgehead atoms. The number of hydrazone groups is 1. The molecule has 30 heavy (non-hydrogen) atoms. The third kappa shape index (κ3) is 5.74. The number of hydrogen-bond donors (Lipinski definition) is 3. The summed E-state index contributed by atoms with van der Waals surface area (Å²) in [4.78, 5) is 28.3. The van der Waals surface area contributed by atoms with Crippen molar-refractivity contribution in [1.29, 1.82) is 0 Å². The van der Waals surface area contributed by atoms with Gasteiger partial charge in [-0.05, 0) is 18.2 Å². The van der Waals surface area contributed by atoms with Crippen molar-refractivity contribution >= 4 is 41.3 Å². The van der Waals surface area contributed by atoms with Gasteiger partial charge in [0.1, 0.15) is 11.8 Å². The summed E-state index contributed by atoms with van der Waals surface area (Å²) in [5.41, 5.74) is 3.29. The van der Waals surface area contributed by atoms with Crippen molar-refractivity contribution in [3.8, 4) is 5.75 Å². The highest BCUT2D eigenvalue weighted by Crippen LogP contribution is 2.25. The van der Waals surface area contributed by atoms with E-state index in [0.717, 1.165) is 0 Å². The number of para-hydroxylation sites is 2. The van der Waals surface area contributed by atoms with Gasteiger partial charge in [-0.1, -0.05) is 41.9 Å². The van der Waals surface area contributed by atoms with E-state index in [1.54, 1.807) is 30.3 Å². The van der Waals surface area contributed by atoms with Crippen LogP contribution in [0.2, 0.25) is 5.02 Å². The maximum Gasteiger partial charge on any atom is 0.387 e. The second kappa shape index (κ2) is 9.79. The fourth-order valence-electron chi connectivity index (χ4n) is 2.53. The Labute approximate surface area is 175 Å². The monoisotopic (exact) mass is 435 g/mol. The number of carbonyl (C=O) groups is 2. The maximum absolute atomic E-state index is 12.5. The molecule has 0 spiro atoms. The smallest absolute Gasteiger partial charge is 0.387 e. The Kier molecular flexibility index (Phi) is 6.91. The number of nitrogens with one attached hydrogen (secondary N) is 3. The number of amides is 2. The Morgan fingerprint density at radius 1 is 1.27 bits per heavy atom. The highest BCUT2D eigenvalue weighted by molar-refractivity contribution is 6.33. The summed E-state index contributed by atoms with van der Waals surface area (Å²) in [5.74, 6) is -1.21. The van der Waals surface area contributed by atoms with Crippen molar-refractivity contribution in [2.24, 2.45) is 10.1 Å². The van der Waals surface area contributed by atoms with Crippen molar-refractivity contribution < 1.29 is 23.1 Å². The predicted octanol–water partition coefficient (Wildman–Crippen LogP) is 2.75. The van der Waals surface area contributed by atoms with E-state index in [4.69, 9.17) is 11.6 Å². The first-order valence-corrected chi connectivity index (χ1v) is 9.06. The molecule has 1 atom stereocenters. The Hall–Kier alpha value is -3.53. The minimum Gasteiger partial charge on any atom is -0.433 e. The summed E-state index contributed by atoms with van der Waals surface area (Å²) in [5, 5.41) is 9.35. The van der Waals surface area contributed by atoms with E-state index < -0.39 is 24.5 Å². The van der Waals surface area contributed by atoms with Crippen LogP contribution in [0.15, 0.2) is 58.6 Å². The van der Waals surface area contributed by atoms with Crippen molar-refractivity contribution in [2.45, 2.75) is 19.1 Å². The summed E-state index contributed by atoms with van der Waals surface area (Å²) in [7, 11) is 0. The number of aliphatic imine (C=N–C) groups is 1. The fraction of sp³-hybridized carbons (Fsp3) is 0.158. The van der Waals surface area contributed by atoms with E-state index in [-0.39, 0.29) is 23.8 Å². The molecule has 8 nitrogen and oxygen atoms in total. The standard InChI is InChI=1S/C19H16ClF2N5O3/c20-12-6-2-1-5-11(12)10-23-27-19-25-14(17(29)26-19)9-16(28)24-13-7-3-4-8-15(13)30-18(21)22/h1-8,10,14,18H,9H2,(H,24,28)(H2,25,26,27,29). The number of hydrogen-bond acceptors (Lipinski definition) is 6. The molecule has 1 aliphatic rings. The van der Waals surface area contributed by atoms with E-state index >= 15 is 0 Å². The quantitative estimate of drug-likeness (QED) is 0.459. The molecular formula is C19H16ClF2N5O3. The average molecular weight is 436 g/mol. The first-order chi connectivity index (χ1) is 14.4. The highest BCUT2D eigenvalue weighted by atomic mass is 35.5. The second-order valence-corrected chi connectivity index (χ2v) is 6.41. The molecule has 0 fully saturated rings. The summed E-state index contributed by atoms with van der Waals surface area (Å²) in [6.07, 6.45) is 1.16. The Morgan fingerprint density at radius 3 is 2.77 bits per heavy atom. The molecule has 2 aromatic rings. The van der Waals surface area contributed by atoms with Crippen molar-refractivity contribution in [1.82, 2.24) is 10.7 Å². The van der Waals surface area contributed by atoms with Crippen molar-refractivity contribution in [3.63, 3.8) is 0 Å². The molecule has 156 valence electrons. The van der Waals surface area contributed by atoms with Gasteiger partial charge in [0, 0.05) is 10.6 Å². The molecule has 0 saturated heterocycles. The Balaban J connectivity index is 1.58. The van der Waals surface area contributed by atoms with Gasteiger partial charge in [-0.2, -0.15) is 13.9 Å². The molecule has 11 heteroatoms. The number of halogens is 3. The van der Waals surface area contributed by atoms with Gasteiger partial charge >= 0.3 is 6.61 Å². The number of nitrogens with zero attached hydrogens (tertiary/aromatic N) is 2. The van der Waals surface area contributed by atoms with Crippen LogP contribution >= 0.6 is 11.6 Å². The second-order valence-electron chi connectivity index (χ2n) is 6.00. The van der Waals surface area contributed by atoms with Crippen LogP contribution in [0.5, 0.6) is 5.75 Å². The minimum atomic E-state index is -3.03. The number of anilines is 1. The summed E-state index contributed by atoms with van der Waals surface area (Å²) >= 11 is 6.01. The van der Waals surface area contributed by atoms with Crippen LogP contribution in [0.1, 0.15) is 12.0 Å². The zero-order chi connectivity index (χ0) is 21.5. The zero-order valence-corrected chi connectivity index (χ0v) is 16.1. The molecule has 0 radical (unpaired) electrons. The third-order valence-corrected chi connectivity index (χ3v) is 4.21. The lowest BCUT2D eigenvalue weighted by molar-refractivity contribution is -0.123. The van der Waals surface area contributed by atoms with E-state index in [9.17, 15) is 18.4 Å². The molecule has 3 rings (SSSR count). The number of guanidine groups is 1. The summed E-state index contributed by atoms with van der Waals surface area (Å²) < 4.78 is 29.3. The molecule has 1 unspecified atom stereocenters. The fourth-order valence-corrected chi connectivity index (χ4v) is 2.71. The van der Waals surface area contributed by atoms with Gasteiger partial charge in [0.05, 0.1) is 18.3 Å². The first kappa shape index (κ1) is 21.2. The largest absolute Gasteiger partial charge is 0.433 e. The number of rotatable bonds is 7. The van der Waals surface area contributed by atoms with Crippen LogP contribution in [0.4, 0.5) is 14.5 Å². The number of alkyl halides is 2. The minimum absolute atomic E-state index is 0.0628. The number of benzene rings is 2. The van der Waals surface area contributed by atoms with Gasteiger partial charge in [0.2, 0.25) is 11.9 Å². The lowest BCUT2D eigenvalue weighted by Gasteiger charge is -2.12. The molecule has 1 aliphatic heterocycles. The van der Waals surface area contributed by atoms with Crippen molar-refractivity contribution in [2.75, 3.05) is 5.32 Å². The van der Waals surface area contributed by atoms with Crippen LogP contribution in [-0.4, -0.2) is 36.6 Å². The zero-order valence-electron chi connectivity index (χ0n) is 15.3. The lowest BCUT2D eigenvalue weighted by Crippen LogP contribution is -2.35. The average Bonchev–Trinajstić information content (AvgIpc) is 3.03. The molecule has 3 N–H and O–H groups in total. The number of carbonyl (C=O) groups excluding carboxylic acids is 2. The van der Waals surface area contributed by atoms with E-state index in [0.29, 0.717) is 10.6 Å². The SMILES string of the molecule is O=C(CC1N=C(NN=Cc2ccccc2Cl)NC1=O)Nc1ccccc1OC(F)F. The predicted molar refractivity (Wildman–Crippen MR) is 108 cm³/mol. The highest BCUT2D eigenvalue weighted by Gasteiger charge is 2.28. The summed E-state index contributed by atoms with van der Waals surface area (Å²) in [6.45, 7) is -3.03. The van der Waals surface area contributed by atoms with Crippen LogP contribution in [0, 0.1) is 0 Å². The first-order valence-electron chi connectivity index (χ1n) is 8.68. The van der Waals surface area contributed by atoms with Gasteiger partial charge in [-0.3, -0.25) is 14.9 Å². The molecule has 0 saturated carbocycles. The molecule has 0 aromatic heterocycles. The van der Waals surface area contributed by atoms with Gasteiger partial charge in [-0.15, -0.1) is 0 Å². The Bertz CT molecular complexity index is 1000. The third-order valence-electron chi connectivity index (χ3n) is 3.86. The van der Waals surface area contributed by atoms with E-state index in [2.05, 4.69) is 30.9 Å². The van der Waals surface area contributed by atoms with E-state index in [1.807, 2.05) is 0 Å². The van der Waals surface area contributed by atoms with Crippen LogP contribution in [-0.2, 0) is 9.59 Å². The molecular weight excluding hydrogens is 420 g/mol. The van der Waals surface area contributed by atoms with Gasteiger partial charge in [0.15, 0.2) is 0 Å². The molecule has 1 heterocycles. The van der Waals surface area contributed by atoms with Crippen LogP contribution in [0.25, 0.3) is 0 Å². The van der Waals surface area contributed by atoms with Gasteiger partial charge in [0.25, 0.3) is 5.91 Å². The van der Waals surface area contributed by atoms with Gasteiger partial charge in [-0.25, -0.2) is 10.4 Å². The maximum atomic E-state index is 12.5. The normalized spacial score (nSPS) is 15.8.